The third-order valence-electron chi connectivity index (χ3n) is 5.38. The minimum atomic E-state index is -0.727. The predicted octanol–water partition coefficient (Wildman–Crippen LogP) is 5.29. The molecule has 8 heteroatoms. The fourth-order valence-corrected chi connectivity index (χ4v) is 3.75. The van der Waals surface area contributed by atoms with Gasteiger partial charge in [-0.05, 0) is 48.7 Å². The third-order valence-corrected chi connectivity index (χ3v) is 5.38. The van der Waals surface area contributed by atoms with Crippen molar-refractivity contribution in [2.45, 2.75) is 6.92 Å². The number of carbonyl (C=O) groups excluding carboxylic acids is 2. The van der Waals surface area contributed by atoms with Crippen LogP contribution in [0.5, 0.6) is 0 Å². The largest absolute Gasteiger partial charge is 0.452 e. The van der Waals surface area contributed by atoms with Crippen LogP contribution in [0.2, 0.25) is 0 Å². The molecule has 0 atom stereocenters. The summed E-state index contributed by atoms with van der Waals surface area (Å²) in [5.74, 6) is -1.59. The lowest BCUT2D eigenvalue weighted by Gasteiger charge is -2.10. The number of ether oxygens (including phenoxy) is 1. The second-order valence-electron chi connectivity index (χ2n) is 7.66. The van der Waals surface area contributed by atoms with E-state index < -0.39 is 24.3 Å². The molecule has 2 heterocycles. The van der Waals surface area contributed by atoms with Gasteiger partial charge in [-0.3, -0.25) is 4.79 Å². The lowest BCUT2D eigenvalue weighted by atomic mass is 10.1. The molecule has 5 rings (SSSR count). The molecule has 0 unspecified atom stereocenters. The highest BCUT2D eigenvalue weighted by Gasteiger charge is 2.21. The minimum Gasteiger partial charge on any atom is -0.452 e. The Morgan fingerprint density at radius 2 is 1.79 bits per heavy atom. The molecule has 0 aliphatic carbocycles. The van der Waals surface area contributed by atoms with Gasteiger partial charge in [0.15, 0.2) is 6.61 Å². The van der Waals surface area contributed by atoms with E-state index >= 15 is 0 Å². The smallest absolute Gasteiger partial charge is 0.339 e. The lowest BCUT2D eigenvalue weighted by molar-refractivity contribution is -0.119. The number of rotatable bonds is 5. The first kappa shape index (κ1) is 21.3. The van der Waals surface area contributed by atoms with E-state index in [2.05, 4.69) is 15.5 Å². The summed E-state index contributed by atoms with van der Waals surface area (Å²) in [6.07, 6.45) is 0. The summed E-state index contributed by atoms with van der Waals surface area (Å²) in [6.45, 7) is 1.19. The molecule has 34 heavy (non-hydrogen) atoms. The van der Waals surface area contributed by atoms with Crippen molar-refractivity contribution in [1.82, 2.24) is 10.1 Å². The van der Waals surface area contributed by atoms with Gasteiger partial charge in [0.25, 0.3) is 11.6 Å². The number of esters is 1. The van der Waals surface area contributed by atoms with Crippen molar-refractivity contribution in [3.8, 4) is 11.3 Å². The van der Waals surface area contributed by atoms with E-state index in [1.54, 1.807) is 25.1 Å². The Hall–Kier alpha value is -4.59. The first-order valence-electron chi connectivity index (χ1n) is 10.5. The van der Waals surface area contributed by atoms with E-state index in [9.17, 15) is 14.0 Å². The van der Waals surface area contributed by atoms with Crippen molar-refractivity contribution in [3.63, 3.8) is 0 Å². The molecule has 0 spiro atoms. The average Bonchev–Trinajstić information content (AvgIpc) is 3.23. The zero-order chi connectivity index (χ0) is 23.7. The SMILES string of the molecule is Cc1noc2nc(-c3ccc(F)cc3)cc(C(=O)OCC(=O)Nc3cccc4ccccc34)c12. The van der Waals surface area contributed by atoms with Crippen LogP contribution in [-0.2, 0) is 9.53 Å². The molecule has 0 saturated carbocycles. The van der Waals surface area contributed by atoms with Crippen LogP contribution in [-0.4, -0.2) is 28.6 Å². The van der Waals surface area contributed by atoms with Crippen molar-refractivity contribution in [2.75, 3.05) is 11.9 Å². The van der Waals surface area contributed by atoms with E-state index in [1.165, 1.54) is 18.2 Å². The number of pyridine rings is 1. The minimum absolute atomic E-state index is 0.145. The van der Waals surface area contributed by atoms with Crippen LogP contribution >= 0.6 is 0 Å². The number of hydrogen-bond donors (Lipinski definition) is 1. The second-order valence-corrected chi connectivity index (χ2v) is 7.66. The van der Waals surface area contributed by atoms with Crippen LogP contribution in [0, 0.1) is 12.7 Å². The zero-order valence-corrected chi connectivity index (χ0v) is 18.0. The second kappa shape index (κ2) is 8.74. The molecule has 2 aromatic heterocycles. The van der Waals surface area contributed by atoms with Crippen LogP contribution in [0.4, 0.5) is 10.1 Å². The summed E-state index contributed by atoms with van der Waals surface area (Å²) < 4.78 is 23.9. The molecule has 0 aliphatic rings. The van der Waals surface area contributed by atoms with Gasteiger partial charge < -0.3 is 14.6 Å². The monoisotopic (exact) mass is 455 g/mol. The highest BCUT2D eigenvalue weighted by Crippen LogP contribution is 2.28. The molecule has 3 aromatic carbocycles. The number of anilines is 1. The van der Waals surface area contributed by atoms with Gasteiger partial charge in [-0.15, -0.1) is 0 Å². The van der Waals surface area contributed by atoms with Crippen molar-refractivity contribution < 1.29 is 23.2 Å². The van der Waals surface area contributed by atoms with E-state index in [0.717, 1.165) is 10.8 Å². The van der Waals surface area contributed by atoms with Gasteiger partial charge in [0.05, 0.1) is 22.3 Å². The van der Waals surface area contributed by atoms with Gasteiger partial charge in [0.1, 0.15) is 5.82 Å². The van der Waals surface area contributed by atoms with Gasteiger partial charge in [-0.2, -0.15) is 0 Å². The van der Waals surface area contributed by atoms with Gasteiger partial charge >= 0.3 is 5.97 Å². The Morgan fingerprint density at radius 1 is 1.03 bits per heavy atom. The van der Waals surface area contributed by atoms with Crippen molar-refractivity contribution in [2.24, 2.45) is 0 Å². The first-order chi connectivity index (χ1) is 16.5. The van der Waals surface area contributed by atoms with E-state index in [4.69, 9.17) is 9.26 Å². The third kappa shape index (κ3) is 4.09. The maximum absolute atomic E-state index is 13.3. The fourth-order valence-electron chi connectivity index (χ4n) is 3.75. The van der Waals surface area contributed by atoms with Crippen LogP contribution in [0.25, 0.3) is 33.1 Å². The number of nitrogens with zero attached hydrogens (tertiary/aromatic N) is 2. The fraction of sp³-hybridized carbons (Fsp3) is 0.0769. The molecule has 1 amide bonds. The van der Waals surface area contributed by atoms with Gasteiger partial charge in [0, 0.05) is 16.6 Å². The summed E-state index contributed by atoms with van der Waals surface area (Å²) >= 11 is 0. The summed E-state index contributed by atoms with van der Waals surface area (Å²) in [6, 6.07) is 20.4. The maximum Gasteiger partial charge on any atom is 0.339 e. The molecule has 0 bridgehead atoms. The molecular weight excluding hydrogens is 437 g/mol. The zero-order valence-electron chi connectivity index (χ0n) is 18.0. The first-order valence-corrected chi connectivity index (χ1v) is 10.5. The van der Waals surface area contributed by atoms with Crippen molar-refractivity contribution in [1.29, 1.82) is 0 Å². The summed E-state index contributed by atoms with van der Waals surface area (Å²) in [4.78, 5) is 29.9. The van der Waals surface area contributed by atoms with Gasteiger partial charge in [0.2, 0.25) is 0 Å². The number of aromatic nitrogens is 2. The van der Waals surface area contributed by atoms with Gasteiger partial charge in [-0.25, -0.2) is 14.2 Å². The van der Waals surface area contributed by atoms with Gasteiger partial charge in [-0.1, -0.05) is 41.6 Å². The normalized spacial score (nSPS) is 11.0. The van der Waals surface area contributed by atoms with Crippen LogP contribution in [0.3, 0.4) is 0 Å². The molecule has 0 fully saturated rings. The molecule has 0 radical (unpaired) electrons. The van der Waals surface area contributed by atoms with Crippen LogP contribution in [0.15, 0.2) is 77.3 Å². The number of fused-ring (bicyclic) bond motifs is 2. The van der Waals surface area contributed by atoms with E-state index in [-0.39, 0.29) is 11.3 Å². The Balaban J connectivity index is 1.38. The molecule has 5 aromatic rings. The quantitative estimate of drug-likeness (QED) is 0.362. The molecule has 168 valence electrons. The number of benzene rings is 3. The topological polar surface area (TPSA) is 94.3 Å². The van der Waals surface area contributed by atoms with E-state index in [0.29, 0.717) is 28.0 Å². The Morgan fingerprint density at radius 3 is 2.62 bits per heavy atom. The summed E-state index contributed by atoms with van der Waals surface area (Å²) in [7, 11) is 0. The lowest BCUT2D eigenvalue weighted by Crippen LogP contribution is -2.21. The number of halogens is 1. The molecule has 1 N–H and O–H groups in total. The number of nitrogens with one attached hydrogen (secondary N) is 1. The number of hydrogen-bond acceptors (Lipinski definition) is 6. The Bertz CT molecular complexity index is 1540. The summed E-state index contributed by atoms with van der Waals surface area (Å²) in [5.41, 5.74) is 2.35. The summed E-state index contributed by atoms with van der Waals surface area (Å²) in [5, 5.41) is 8.92. The van der Waals surface area contributed by atoms with E-state index in [1.807, 2.05) is 36.4 Å². The Labute approximate surface area is 193 Å². The van der Waals surface area contributed by atoms with Crippen LogP contribution in [0.1, 0.15) is 16.1 Å². The predicted molar refractivity (Wildman–Crippen MR) is 125 cm³/mol. The van der Waals surface area contributed by atoms with Crippen molar-refractivity contribution >= 4 is 39.4 Å². The number of amides is 1. The molecule has 0 aliphatic heterocycles. The number of carbonyl (C=O) groups is 2. The highest BCUT2D eigenvalue weighted by atomic mass is 19.1. The average molecular weight is 455 g/mol. The standard InChI is InChI=1S/C26H18FN3O4/c1-15-24-20(13-22(29-25(24)34-30-15)17-9-11-18(27)12-10-17)26(32)33-14-23(31)28-21-8-4-6-16-5-2-3-7-19(16)21/h2-13H,14H2,1H3,(H,28,31). The molecule has 7 nitrogen and oxygen atoms in total. The maximum atomic E-state index is 13.3. The highest BCUT2D eigenvalue weighted by molar-refractivity contribution is 6.06. The molecular formula is C26H18FN3O4. The molecule has 0 saturated heterocycles. The Kier molecular flexibility index (Phi) is 5.47. The number of aryl methyl sites for hydroxylation is 1. The van der Waals surface area contributed by atoms with Crippen LogP contribution < -0.4 is 5.32 Å². The van der Waals surface area contributed by atoms with Crippen molar-refractivity contribution in [3.05, 3.63) is 89.9 Å².